The number of methoxy groups -OCH3 is 1. The zero-order valence-corrected chi connectivity index (χ0v) is 18.2. The fourth-order valence-corrected chi connectivity index (χ4v) is 2.99. The Kier molecular flexibility index (Phi) is 7.29. The van der Waals surface area contributed by atoms with Crippen molar-refractivity contribution >= 4 is 40.8 Å². The highest BCUT2D eigenvalue weighted by Crippen LogP contribution is 2.38. The molecular formula is C21H14Cl2F3N3O4. The highest BCUT2D eigenvalue weighted by atomic mass is 35.5. The van der Waals surface area contributed by atoms with E-state index < -0.39 is 23.7 Å². The van der Waals surface area contributed by atoms with Gasteiger partial charge in [-0.3, -0.25) is 10.1 Å². The maximum Gasteiger partial charge on any atom is 0.417 e. The number of halogens is 5. The number of benzene rings is 2. The third-order valence-electron chi connectivity index (χ3n) is 4.11. The van der Waals surface area contributed by atoms with Crippen LogP contribution in [0.1, 0.15) is 15.9 Å². The summed E-state index contributed by atoms with van der Waals surface area (Å²) < 4.78 is 48.9. The summed E-state index contributed by atoms with van der Waals surface area (Å²) >= 11 is 11.8. The highest BCUT2D eigenvalue weighted by molar-refractivity contribution is 6.34. The van der Waals surface area contributed by atoms with Gasteiger partial charge in [-0.2, -0.15) is 13.2 Å². The van der Waals surface area contributed by atoms with Gasteiger partial charge in [-0.25, -0.2) is 9.78 Å². The minimum atomic E-state index is -4.60. The summed E-state index contributed by atoms with van der Waals surface area (Å²) in [5, 5.41) is 4.41. The van der Waals surface area contributed by atoms with Crippen molar-refractivity contribution in [2.75, 3.05) is 12.4 Å². The number of urea groups is 1. The van der Waals surface area contributed by atoms with E-state index in [2.05, 4.69) is 15.6 Å². The number of imide groups is 1. The maximum atomic E-state index is 12.8. The SMILES string of the molecule is COc1cc(NC(=O)NC(=O)c2ccccc2Cl)ccc1Oc1ncc(C(F)(F)F)cc1Cl. The molecule has 172 valence electrons. The predicted molar refractivity (Wildman–Crippen MR) is 115 cm³/mol. The van der Waals surface area contributed by atoms with Crippen molar-refractivity contribution in [2.45, 2.75) is 6.18 Å². The van der Waals surface area contributed by atoms with Crippen molar-refractivity contribution < 1.29 is 32.2 Å². The van der Waals surface area contributed by atoms with Gasteiger partial charge in [-0.1, -0.05) is 35.3 Å². The van der Waals surface area contributed by atoms with Crippen LogP contribution in [0.15, 0.2) is 54.7 Å². The molecular weight excluding hydrogens is 486 g/mol. The molecule has 0 radical (unpaired) electrons. The Labute approximate surface area is 195 Å². The molecule has 0 unspecified atom stereocenters. The number of hydrogen-bond acceptors (Lipinski definition) is 5. The first-order valence-electron chi connectivity index (χ1n) is 9.04. The quantitative estimate of drug-likeness (QED) is 0.438. The molecule has 0 bridgehead atoms. The summed E-state index contributed by atoms with van der Waals surface area (Å²) in [5.74, 6) is -0.785. The number of anilines is 1. The van der Waals surface area contributed by atoms with Crippen LogP contribution >= 0.6 is 23.2 Å². The first-order valence-corrected chi connectivity index (χ1v) is 9.79. The van der Waals surface area contributed by atoms with E-state index in [1.807, 2.05) is 0 Å². The molecule has 3 amide bonds. The Balaban J connectivity index is 1.71. The number of carbonyl (C=O) groups is 2. The molecule has 12 heteroatoms. The van der Waals surface area contributed by atoms with E-state index >= 15 is 0 Å². The highest BCUT2D eigenvalue weighted by Gasteiger charge is 2.32. The Morgan fingerprint density at radius 3 is 2.36 bits per heavy atom. The zero-order valence-electron chi connectivity index (χ0n) is 16.7. The molecule has 2 N–H and O–H groups in total. The van der Waals surface area contributed by atoms with Crippen LogP contribution in [0.4, 0.5) is 23.7 Å². The standard InChI is InChI=1S/C21H14Cl2F3N3O4/c1-32-17-9-12(28-20(31)29-18(30)13-4-2-3-5-14(13)22)6-7-16(17)33-19-15(23)8-11(10-27-19)21(24,25)26/h2-10H,1H3,(H2,28,29,30,31). The summed E-state index contributed by atoms with van der Waals surface area (Å²) in [6.45, 7) is 0. The molecule has 0 aliphatic carbocycles. The van der Waals surface area contributed by atoms with Crippen molar-refractivity contribution in [3.8, 4) is 17.4 Å². The fraction of sp³-hybridized carbons (Fsp3) is 0.0952. The minimum Gasteiger partial charge on any atom is -0.493 e. The van der Waals surface area contributed by atoms with Gasteiger partial charge in [0, 0.05) is 18.0 Å². The molecule has 0 spiro atoms. The molecule has 0 atom stereocenters. The number of amides is 3. The van der Waals surface area contributed by atoms with E-state index in [-0.39, 0.29) is 38.7 Å². The second-order valence-corrected chi connectivity index (χ2v) is 7.18. The Morgan fingerprint density at radius 2 is 1.73 bits per heavy atom. The second kappa shape index (κ2) is 9.97. The normalized spacial score (nSPS) is 11.0. The molecule has 0 aliphatic heterocycles. The van der Waals surface area contributed by atoms with Crippen molar-refractivity contribution in [1.29, 1.82) is 0 Å². The third kappa shape index (κ3) is 6.05. The minimum absolute atomic E-state index is 0.0739. The van der Waals surface area contributed by atoms with E-state index in [1.165, 1.54) is 37.4 Å². The molecule has 33 heavy (non-hydrogen) atoms. The number of alkyl halides is 3. The van der Waals surface area contributed by atoms with Gasteiger partial charge in [-0.05, 0) is 30.3 Å². The molecule has 2 aromatic carbocycles. The number of aromatic nitrogens is 1. The van der Waals surface area contributed by atoms with Gasteiger partial charge >= 0.3 is 12.2 Å². The maximum absolute atomic E-state index is 12.8. The van der Waals surface area contributed by atoms with Crippen molar-refractivity contribution in [1.82, 2.24) is 10.3 Å². The Hall–Kier alpha value is -3.50. The monoisotopic (exact) mass is 499 g/mol. The largest absolute Gasteiger partial charge is 0.493 e. The molecule has 7 nitrogen and oxygen atoms in total. The van der Waals surface area contributed by atoms with Crippen LogP contribution < -0.4 is 20.1 Å². The average Bonchev–Trinajstić information content (AvgIpc) is 2.75. The first kappa shape index (κ1) is 24.1. The van der Waals surface area contributed by atoms with Crippen molar-refractivity contribution in [3.05, 3.63) is 75.9 Å². The third-order valence-corrected chi connectivity index (χ3v) is 4.71. The van der Waals surface area contributed by atoms with E-state index in [9.17, 15) is 22.8 Å². The van der Waals surface area contributed by atoms with Crippen LogP contribution in [-0.2, 0) is 6.18 Å². The number of hydrogen-bond donors (Lipinski definition) is 2. The second-order valence-electron chi connectivity index (χ2n) is 6.36. The number of pyridine rings is 1. The van der Waals surface area contributed by atoms with Gasteiger partial charge in [0.25, 0.3) is 5.91 Å². The zero-order chi connectivity index (χ0) is 24.2. The van der Waals surface area contributed by atoms with Crippen LogP contribution in [0.25, 0.3) is 0 Å². The molecule has 1 aromatic heterocycles. The summed E-state index contributed by atoms with van der Waals surface area (Å²) in [5.41, 5.74) is -0.671. The lowest BCUT2D eigenvalue weighted by atomic mass is 10.2. The van der Waals surface area contributed by atoms with Gasteiger partial charge in [-0.15, -0.1) is 0 Å². The van der Waals surface area contributed by atoms with E-state index in [0.29, 0.717) is 12.3 Å². The molecule has 0 saturated heterocycles. The molecule has 3 rings (SSSR count). The number of nitrogens with zero attached hydrogens (tertiary/aromatic N) is 1. The van der Waals surface area contributed by atoms with Crippen molar-refractivity contribution in [3.63, 3.8) is 0 Å². The van der Waals surface area contributed by atoms with Crippen LogP contribution in [0.5, 0.6) is 17.4 Å². The average molecular weight is 500 g/mol. The number of rotatable bonds is 5. The number of nitrogens with one attached hydrogen (secondary N) is 2. The number of carbonyl (C=O) groups excluding carboxylic acids is 2. The Bertz CT molecular complexity index is 1210. The summed E-state index contributed by atoms with van der Waals surface area (Å²) in [6.07, 6.45) is -4.02. The molecule has 0 saturated carbocycles. The van der Waals surface area contributed by atoms with Crippen LogP contribution in [0, 0.1) is 0 Å². The number of ether oxygens (including phenoxy) is 2. The first-order chi connectivity index (χ1) is 15.6. The van der Waals surface area contributed by atoms with Crippen LogP contribution in [-0.4, -0.2) is 24.0 Å². The molecule has 0 fully saturated rings. The molecule has 1 heterocycles. The summed E-state index contributed by atoms with van der Waals surface area (Å²) in [7, 11) is 1.31. The Morgan fingerprint density at radius 1 is 1.00 bits per heavy atom. The summed E-state index contributed by atoms with van der Waals surface area (Å²) in [6, 6.07) is 10.2. The van der Waals surface area contributed by atoms with Gasteiger partial charge in [0.15, 0.2) is 11.5 Å². The van der Waals surface area contributed by atoms with Crippen LogP contribution in [0.2, 0.25) is 10.0 Å². The van der Waals surface area contributed by atoms with E-state index in [1.54, 1.807) is 12.1 Å². The molecule has 3 aromatic rings. The predicted octanol–water partition coefficient (Wildman–Crippen LogP) is 6.17. The molecule has 0 aliphatic rings. The van der Waals surface area contributed by atoms with Crippen LogP contribution in [0.3, 0.4) is 0 Å². The fourth-order valence-electron chi connectivity index (χ4n) is 2.57. The van der Waals surface area contributed by atoms with Crippen molar-refractivity contribution in [2.24, 2.45) is 0 Å². The lowest BCUT2D eigenvalue weighted by Crippen LogP contribution is -2.34. The van der Waals surface area contributed by atoms with Gasteiger partial charge < -0.3 is 14.8 Å². The van der Waals surface area contributed by atoms with Gasteiger partial charge in [0.2, 0.25) is 5.88 Å². The smallest absolute Gasteiger partial charge is 0.417 e. The van der Waals surface area contributed by atoms with E-state index in [0.717, 1.165) is 0 Å². The van der Waals surface area contributed by atoms with Gasteiger partial charge in [0.05, 0.1) is 23.3 Å². The van der Waals surface area contributed by atoms with E-state index in [4.69, 9.17) is 32.7 Å². The topological polar surface area (TPSA) is 89.6 Å². The van der Waals surface area contributed by atoms with Gasteiger partial charge in [0.1, 0.15) is 5.02 Å². The lowest BCUT2D eigenvalue weighted by Gasteiger charge is -2.14. The summed E-state index contributed by atoms with van der Waals surface area (Å²) in [4.78, 5) is 27.9. The lowest BCUT2D eigenvalue weighted by molar-refractivity contribution is -0.137.